The third kappa shape index (κ3) is 6.34. The van der Waals surface area contributed by atoms with Gasteiger partial charge in [0.05, 0.1) is 12.5 Å². The van der Waals surface area contributed by atoms with E-state index in [2.05, 4.69) is 5.32 Å². The van der Waals surface area contributed by atoms with Gasteiger partial charge in [-0.1, -0.05) is 42.5 Å². The summed E-state index contributed by atoms with van der Waals surface area (Å²) in [5.41, 5.74) is 5.12. The predicted molar refractivity (Wildman–Crippen MR) is 143 cm³/mol. The minimum Gasteiger partial charge on any atom is -0.481 e. The van der Waals surface area contributed by atoms with Crippen molar-refractivity contribution in [1.29, 1.82) is 0 Å². The van der Waals surface area contributed by atoms with Crippen LogP contribution in [-0.4, -0.2) is 43.7 Å². The van der Waals surface area contributed by atoms with Crippen LogP contribution in [0.1, 0.15) is 35.6 Å². The number of nitrogens with zero attached hydrogens (tertiary/aromatic N) is 2. The maximum Gasteiger partial charge on any atom is 0.326 e. The Kier molecular flexibility index (Phi) is 8.20. The van der Waals surface area contributed by atoms with Gasteiger partial charge in [0.25, 0.3) is 0 Å². The van der Waals surface area contributed by atoms with Crippen LogP contribution in [0.15, 0.2) is 72.8 Å². The van der Waals surface area contributed by atoms with Gasteiger partial charge in [-0.2, -0.15) is 0 Å². The molecular weight excluding hydrogens is 470 g/mol. The molecule has 0 spiro atoms. The molecule has 1 heterocycles. The van der Waals surface area contributed by atoms with Crippen molar-refractivity contribution >= 4 is 35.0 Å². The van der Waals surface area contributed by atoms with Gasteiger partial charge in [-0.15, -0.1) is 0 Å². The molecule has 3 amide bonds. The number of carboxylic acid groups (broad SMARTS) is 1. The number of urea groups is 1. The quantitative estimate of drug-likeness (QED) is 0.428. The first-order chi connectivity index (χ1) is 17.9. The average Bonchev–Trinajstić information content (AvgIpc) is 3.34. The number of ether oxygens (including phenoxy) is 1. The second-order valence-corrected chi connectivity index (χ2v) is 9.04. The first-order valence-electron chi connectivity index (χ1n) is 12.2. The molecule has 8 heteroatoms. The third-order valence-electron chi connectivity index (χ3n) is 6.60. The lowest BCUT2D eigenvalue weighted by atomic mass is 10.0. The molecule has 0 saturated carbocycles. The molecule has 3 aromatic rings. The van der Waals surface area contributed by atoms with E-state index in [0.29, 0.717) is 24.3 Å². The van der Waals surface area contributed by atoms with Crippen LogP contribution in [0.3, 0.4) is 0 Å². The number of hydrogen-bond acceptors (Lipinski definition) is 4. The number of carbonyl (C=O) groups excluding carboxylic acids is 2. The highest BCUT2D eigenvalue weighted by molar-refractivity contribution is 6.03. The monoisotopic (exact) mass is 501 g/mol. The van der Waals surface area contributed by atoms with Crippen molar-refractivity contribution in [2.75, 3.05) is 35.8 Å². The Labute approximate surface area is 216 Å². The normalized spacial score (nSPS) is 13.1. The van der Waals surface area contributed by atoms with Crippen LogP contribution in [0.2, 0.25) is 0 Å². The van der Waals surface area contributed by atoms with E-state index in [1.54, 1.807) is 36.1 Å². The zero-order valence-corrected chi connectivity index (χ0v) is 21.0. The Bertz CT molecular complexity index is 1270. The highest BCUT2D eigenvalue weighted by Crippen LogP contribution is 2.28. The SMILES string of the molecule is COC(CCC(=O)O)c1cccc(N(C)C(=O)Cc2ccc(NC(=O)N3CCc4ccccc43)cc2)c1. The number of benzene rings is 3. The molecule has 0 aromatic heterocycles. The number of nitrogens with one attached hydrogen (secondary N) is 1. The molecule has 2 N–H and O–H groups in total. The Morgan fingerprint density at radius 1 is 1.05 bits per heavy atom. The van der Waals surface area contributed by atoms with E-state index < -0.39 is 5.97 Å². The molecular formula is C29H31N3O5. The summed E-state index contributed by atoms with van der Waals surface area (Å²) >= 11 is 0. The zero-order chi connectivity index (χ0) is 26.4. The lowest BCUT2D eigenvalue weighted by molar-refractivity contribution is -0.137. The smallest absolute Gasteiger partial charge is 0.326 e. The number of anilines is 3. The lowest BCUT2D eigenvalue weighted by Crippen LogP contribution is -2.33. The summed E-state index contributed by atoms with van der Waals surface area (Å²) in [4.78, 5) is 40.0. The number of hydrogen-bond donors (Lipinski definition) is 2. The fraction of sp³-hybridized carbons (Fsp3) is 0.276. The molecule has 0 aliphatic carbocycles. The maximum absolute atomic E-state index is 13.0. The van der Waals surface area contributed by atoms with Crippen LogP contribution >= 0.6 is 0 Å². The summed E-state index contributed by atoms with van der Waals surface area (Å²) in [6.45, 7) is 0.649. The Hall–Kier alpha value is -4.17. The van der Waals surface area contributed by atoms with Gasteiger partial charge in [0.1, 0.15) is 0 Å². The number of amides is 3. The molecule has 8 nitrogen and oxygen atoms in total. The minimum atomic E-state index is -0.877. The number of para-hydroxylation sites is 1. The average molecular weight is 502 g/mol. The number of methoxy groups -OCH3 is 1. The Morgan fingerprint density at radius 3 is 2.54 bits per heavy atom. The fourth-order valence-electron chi connectivity index (χ4n) is 4.49. The van der Waals surface area contributed by atoms with Crippen LogP contribution in [0, 0.1) is 0 Å². The number of aliphatic carboxylic acids is 1. The van der Waals surface area contributed by atoms with E-state index in [1.165, 1.54) is 5.56 Å². The van der Waals surface area contributed by atoms with Crippen LogP contribution in [0.4, 0.5) is 21.9 Å². The minimum absolute atomic E-state index is 0.000717. The molecule has 192 valence electrons. The van der Waals surface area contributed by atoms with E-state index in [-0.39, 0.29) is 30.9 Å². The second kappa shape index (κ2) is 11.7. The van der Waals surface area contributed by atoms with Crippen molar-refractivity contribution in [2.24, 2.45) is 0 Å². The molecule has 37 heavy (non-hydrogen) atoms. The van der Waals surface area contributed by atoms with Gasteiger partial charge in [0.2, 0.25) is 5.91 Å². The first-order valence-corrected chi connectivity index (χ1v) is 12.2. The molecule has 4 rings (SSSR count). The molecule has 1 aliphatic heterocycles. The predicted octanol–water partition coefficient (Wildman–Crippen LogP) is 5.04. The first kappa shape index (κ1) is 25.9. The molecule has 0 bridgehead atoms. The molecule has 1 atom stereocenters. The van der Waals surface area contributed by atoms with E-state index in [1.807, 2.05) is 60.7 Å². The highest BCUT2D eigenvalue weighted by atomic mass is 16.5. The van der Waals surface area contributed by atoms with Gasteiger partial charge >= 0.3 is 12.0 Å². The summed E-state index contributed by atoms with van der Waals surface area (Å²) in [5.74, 6) is -0.973. The highest BCUT2D eigenvalue weighted by Gasteiger charge is 2.24. The van der Waals surface area contributed by atoms with Crippen molar-refractivity contribution in [3.8, 4) is 0 Å². The Balaban J connectivity index is 1.35. The summed E-state index contributed by atoms with van der Waals surface area (Å²) < 4.78 is 5.47. The molecule has 0 radical (unpaired) electrons. The molecule has 0 saturated heterocycles. The summed E-state index contributed by atoms with van der Waals surface area (Å²) in [7, 11) is 3.26. The largest absolute Gasteiger partial charge is 0.481 e. The lowest BCUT2D eigenvalue weighted by Gasteiger charge is -2.21. The molecule has 1 unspecified atom stereocenters. The summed E-state index contributed by atoms with van der Waals surface area (Å²) in [6, 6.07) is 22.4. The van der Waals surface area contributed by atoms with Crippen LogP contribution < -0.4 is 15.1 Å². The van der Waals surface area contributed by atoms with Gasteiger partial charge in [0, 0.05) is 44.2 Å². The molecule has 0 fully saturated rings. The number of carbonyl (C=O) groups is 3. The maximum atomic E-state index is 13.0. The summed E-state index contributed by atoms with van der Waals surface area (Å²) in [6.07, 6.45) is 1.02. The van der Waals surface area contributed by atoms with E-state index >= 15 is 0 Å². The topological polar surface area (TPSA) is 99.2 Å². The Morgan fingerprint density at radius 2 is 1.81 bits per heavy atom. The standard InChI is InChI=1S/C29H31N3O5/c1-31(24-8-5-7-22(19-24)26(37-2)14-15-28(34)35)27(33)18-20-10-12-23(13-11-20)30-29(36)32-17-16-21-6-3-4-9-25(21)32/h3-13,19,26H,14-18H2,1-2H3,(H,30,36)(H,34,35). The van der Waals surface area contributed by atoms with Crippen LogP contribution in [0.5, 0.6) is 0 Å². The van der Waals surface area contributed by atoms with E-state index in [4.69, 9.17) is 9.84 Å². The number of fused-ring (bicyclic) bond motifs is 1. The van der Waals surface area contributed by atoms with Crippen molar-refractivity contribution in [3.63, 3.8) is 0 Å². The summed E-state index contributed by atoms with van der Waals surface area (Å²) in [5, 5.41) is 11.9. The van der Waals surface area contributed by atoms with Crippen molar-refractivity contribution in [2.45, 2.75) is 31.8 Å². The van der Waals surface area contributed by atoms with Crippen LogP contribution in [0.25, 0.3) is 0 Å². The molecule has 1 aliphatic rings. The number of carboxylic acids is 1. The van der Waals surface area contributed by atoms with Crippen molar-refractivity contribution in [1.82, 2.24) is 0 Å². The third-order valence-corrected chi connectivity index (χ3v) is 6.60. The van der Waals surface area contributed by atoms with E-state index in [0.717, 1.165) is 23.2 Å². The van der Waals surface area contributed by atoms with Crippen LogP contribution in [-0.2, 0) is 27.2 Å². The number of rotatable bonds is 9. The van der Waals surface area contributed by atoms with E-state index in [9.17, 15) is 14.4 Å². The van der Waals surface area contributed by atoms with Gasteiger partial charge in [-0.3, -0.25) is 14.5 Å². The van der Waals surface area contributed by atoms with Crippen molar-refractivity contribution < 1.29 is 24.2 Å². The number of likely N-dealkylation sites (N-methyl/N-ethyl adjacent to an activating group) is 1. The van der Waals surface area contributed by atoms with Gasteiger partial charge in [-0.05, 0) is 59.9 Å². The van der Waals surface area contributed by atoms with Gasteiger partial charge < -0.3 is 20.1 Å². The van der Waals surface area contributed by atoms with Crippen molar-refractivity contribution in [3.05, 3.63) is 89.5 Å². The van der Waals surface area contributed by atoms with Gasteiger partial charge in [0.15, 0.2) is 0 Å². The zero-order valence-electron chi connectivity index (χ0n) is 21.0. The molecule has 3 aromatic carbocycles. The van der Waals surface area contributed by atoms with Gasteiger partial charge in [-0.25, -0.2) is 4.79 Å². The second-order valence-electron chi connectivity index (χ2n) is 9.04. The fourth-order valence-corrected chi connectivity index (χ4v) is 4.49.